The summed E-state index contributed by atoms with van der Waals surface area (Å²) in [6.45, 7) is 1.60. The molecule has 2 N–H and O–H groups in total. The number of hydrogen-bond acceptors (Lipinski definition) is 6. The second-order valence-corrected chi connectivity index (χ2v) is 9.98. The molecule has 178 valence electrons. The molecule has 0 saturated carbocycles. The third kappa shape index (κ3) is 5.11. The lowest BCUT2D eigenvalue weighted by molar-refractivity contribution is -0.113. The fourth-order valence-corrected chi connectivity index (χ4v) is 5.38. The highest BCUT2D eigenvalue weighted by Gasteiger charge is 2.34. The summed E-state index contributed by atoms with van der Waals surface area (Å²) in [6, 6.07) is 18.3. The number of carbonyl (C=O) groups excluding carboxylic acids is 2. The predicted molar refractivity (Wildman–Crippen MR) is 137 cm³/mol. The molecule has 2 aliphatic heterocycles. The van der Waals surface area contributed by atoms with E-state index in [1.54, 1.807) is 4.90 Å². The van der Waals surface area contributed by atoms with Gasteiger partial charge in [-0.3, -0.25) is 9.69 Å². The van der Waals surface area contributed by atoms with Crippen LogP contribution in [0.25, 0.3) is 5.57 Å². The molecule has 2 atom stereocenters. The van der Waals surface area contributed by atoms with Crippen molar-refractivity contribution in [2.45, 2.75) is 23.8 Å². The van der Waals surface area contributed by atoms with Gasteiger partial charge in [0.05, 0.1) is 29.5 Å². The number of carbonyl (C=O) groups is 2. The van der Waals surface area contributed by atoms with Crippen LogP contribution in [-0.4, -0.2) is 43.5 Å². The standard InChI is InChI=1S/C27H26N4O3S/c28-17-27(11-4-7-20(14-27)19-5-2-1-3-6-19)18-29-12-10-22-15-31(26(33)34-22)21-8-9-24-23(13-21)30-25(32)16-35-24/h1-9,11,13,22,29H,10,12,14-16,18H2,(H,30,32)/t22-,27?/m1/s1. The summed E-state index contributed by atoms with van der Waals surface area (Å²) in [4.78, 5) is 26.8. The number of nitrogens with one attached hydrogen (secondary N) is 2. The molecule has 2 amide bonds. The Balaban J connectivity index is 1.14. The first-order valence-corrected chi connectivity index (χ1v) is 12.6. The van der Waals surface area contributed by atoms with Crippen molar-refractivity contribution >= 4 is 40.7 Å². The highest BCUT2D eigenvalue weighted by atomic mass is 32.2. The zero-order chi connectivity index (χ0) is 24.3. The van der Waals surface area contributed by atoms with E-state index in [9.17, 15) is 14.9 Å². The molecule has 1 saturated heterocycles. The van der Waals surface area contributed by atoms with Gasteiger partial charge in [0.2, 0.25) is 5.91 Å². The Hall–Kier alpha value is -3.54. The van der Waals surface area contributed by atoms with Gasteiger partial charge in [-0.15, -0.1) is 11.8 Å². The van der Waals surface area contributed by atoms with Gasteiger partial charge in [0, 0.05) is 17.1 Å². The maximum absolute atomic E-state index is 12.5. The van der Waals surface area contributed by atoms with Gasteiger partial charge >= 0.3 is 6.09 Å². The number of anilines is 2. The molecule has 0 radical (unpaired) electrons. The highest BCUT2D eigenvalue weighted by molar-refractivity contribution is 8.00. The lowest BCUT2D eigenvalue weighted by Gasteiger charge is -2.27. The Bertz CT molecular complexity index is 1240. The minimum absolute atomic E-state index is 0.0399. The number of nitrogens with zero attached hydrogens (tertiary/aromatic N) is 2. The number of allylic oxidation sites excluding steroid dienone is 3. The van der Waals surface area contributed by atoms with Gasteiger partial charge in [-0.2, -0.15) is 5.26 Å². The van der Waals surface area contributed by atoms with E-state index in [-0.39, 0.29) is 18.1 Å². The summed E-state index contributed by atoms with van der Waals surface area (Å²) in [6.07, 6.45) is 6.68. The van der Waals surface area contributed by atoms with Crippen molar-refractivity contribution in [1.82, 2.24) is 5.32 Å². The third-order valence-electron chi connectivity index (χ3n) is 6.45. The van der Waals surface area contributed by atoms with Crippen LogP contribution in [0.4, 0.5) is 16.2 Å². The quantitative estimate of drug-likeness (QED) is 0.556. The number of thioether (sulfide) groups is 1. The van der Waals surface area contributed by atoms with E-state index in [0.29, 0.717) is 43.9 Å². The molecule has 0 spiro atoms. The maximum atomic E-state index is 12.5. The normalized spacial score (nSPS) is 23.2. The Morgan fingerprint density at radius 3 is 2.91 bits per heavy atom. The van der Waals surface area contributed by atoms with Crippen molar-refractivity contribution in [1.29, 1.82) is 5.26 Å². The predicted octanol–water partition coefficient (Wildman–Crippen LogP) is 4.59. The Morgan fingerprint density at radius 1 is 1.23 bits per heavy atom. The molecule has 3 aliphatic rings. The van der Waals surface area contributed by atoms with Crippen molar-refractivity contribution in [3.8, 4) is 6.07 Å². The van der Waals surface area contributed by atoms with Gasteiger partial charge in [-0.05, 0) is 48.7 Å². The second kappa shape index (κ2) is 9.98. The average Bonchev–Trinajstić information content (AvgIpc) is 3.27. The summed E-state index contributed by atoms with van der Waals surface area (Å²) in [5.41, 5.74) is 3.12. The molecule has 1 unspecified atom stereocenters. The third-order valence-corrected chi connectivity index (χ3v) is 7.52. The maximum Gasteiger partial charge on any atom is 0.414 e. The first-order chi connectivity index (χ1) is 17.0. The largest absolute Gasteiger partial charge is 0.444 e. The van der Waals surface area contributed by atoms with Crippen LogP contribution >= 0.6 is 11.8 Å². The van der Waals surface area contributed by atoms with Gasteiger partial charge in [-0.25, -0.2) is 4.79 Å². The molecule has 2 heterocycles. The number of hydrogen-bond donors (Lipinski definition) is 2. The molecular formula is C27H26N4O3S. The van der Waals surface area contributed by atoms with Gasteiger partial charge < -0.3 is 15.4 Å². The smallest absolute Gasteiger partial charge is 0.414 e. The van der Waals surface area contributed by atoms with Crippen molar-refractivity contribution in [2.75, 3.05) is 35.6 Å². The van der Waals surface area contributed by atoms with Gasteiger partial charge in [0.25, 0.3) is 0 Å². The van der Waals surface area contributed by atoms with E-state index >= 15 is 0 Å². The summed E-state index contributed by atoms with van der Waals surface area (Å²) in [5, 5.41) is 16.2. The zero-order valence-corrected chi connectivity index (χ0v) is 20.0. The van der Waals surface area contributed by atoms with Gasteiger partial charge in [0.15, 0.2) is 0 Å². The highest BCUT2D eigenvalue weighted by Crippen LogP contribution is 2.37. The minimum Gasteiger partial charge on any atom is -0.444 e. The average molecular weight is 487 g/mol. The van der Waals surface area contributed by atoms with Crippen LogP contribution in [0.15, 0.2) is 71.7 Å². The topological polar surface area (TPSA) is 94.5 Å². The molecule has 0 aromatic heterocycles. The van der Waals surface area contributed by atoms with Gasteiger partial charge in [-0.1, -0.05) is 48.6 Å². The molecule has 2 aromatic carbocycles. The fourth-order valence-electron chi connectivity index (χ4n) is 4.59. The molecule has 0 bridgehead atoms. The van der Waals surface area contributed by atoms with E-state index in [0.717, 1.165) is 21.7 Å². The monoisotopic (exact) mass is 486 g/mol. The van der Waals surface area contributed by atoms with Crippen LogP contribution in [-0.2, 0) is 9.53 Å². The minimum atomic E-state index is -0.607. The molecule has 1 fully saturated rings. The Morgan fingerprint density at radius 2 is 2.09 bits per heavy atom. The van der Waals surface area contributed by atoms with E-state index < -0.39 is 5.41 Å². The molecule has 1 aliphatic carbocycles. The SMILES string of the molecule is N#CC1(CNCC[C@@H]2CN(c3ccc4c(c3)NC(=O)CS4)C(=O)O2)C=CC=C(c2ccccc2)C1. The lowest BCUT2D eigenvalue weighted by Crippen LogP contribution is -2.34. The molecule has 8 heteroatoms. The van der Waals surface area contributed by atoms with Gasteiger partial charge in [0.1, 0.15) is 6.10 Å². The number of amides is 2. The summed E-state index contributed by atoms with van der Waals surface area (Å²) in [5.74, 6) is 0.363. The van der Waals surface area contributed by atoms with Crippen molar-refractivity contribution in [3.05, 3.63) is 72.3 Å². The number of rotatable bonds is 7. The molecule has 7 nitrogen and oxygen atoms in total. The Labute approximate surface area is 208 Å². The zero-order valence-electron chi connectivity index (χ0n) is 19.2. The van der Waals surface area contributed by atoms with Crippen LogP contribution in [0.5, 0.6) is 0 Å². The van der Waals surface area contributed by atoms with Crippen molar-refractivity contribution < 1.29 is 14.3 Å². The number of benzene rings is 2. The second-order valence-electron chi connectivity index (χ2n) is 8.96. The van der Waals surface area contributed by atoms with E-state index in [1.165, 1.54) is 11.8 Å². The molecular weight excluding hydrogens is 460 g/mol. The first kappa shape index (κ1) is 23.2. The van der Waals surface area contributed by atoms with E-state index in [2.05, 4.69) is 34.9 Å². The van der Waals surface area contributed by atoms with Crippen LogP contribution in [0.2, 0.25) is 0 Å². The number of ether oxygens (including phenoxy) is 1. The van der Waals surface area contributed by atoms with Crippen LogP contribution in [0.1, 0.15) is 18.4 Å². The van der Waals surface area contributed by atoms with Crippen LogP contribution in [0.3, 0.4) is 0 Å². The van der Waals surface area contributed by atoms with Crippen molar-refractivity contribution in [3.63, 3.8) is 0 Å². The lowest BCUT2D eigenvalue weighted by atomic mass is 9.77. The Kier molecular flexibility index (Phi) is 6.62. The first-order valence-electron chi connectivity index (χ1n) is 11.7. The summed E-state index contributed by atoms with van der Waals surface area (Å²) in [7, 11) is 0. The summed E-state index contributed by atoms with van der Waals surface area (Å²) >= 11 is 1.49. The van der Waals surface area contributed by atoms with E-state index in [1.807, 2.05) is 48.6 Å². The number of nitriles is 1. The van der Waals surface area contributed by atoms with Crippen molar-refractivity contribution in [2.24, 2.45) is 5.41 Å². The number of fused-ring (bicyclic) bond motifs is 1. The van der Waals surface area contributed by atoms with E-state index in [4.69, 9.17) is 4.74 Å². The van der Waals surface area contributed by atoms with Crippen LogP contribution < -0.4 is 15.5 Å². The molecule has 35 heavy (non-hydrogen) atoms. The fraction of sp³-hybridized carbons (Fsp3) is 0.296. The molecule has 5 rings (SSSR count). The molecule has 2 aromatic rings. The summed E-state index contributed by atoms with van der Waals surface area (Å²) < 4.78 is 5.58. The number of cyclic esters (lactones) is 1. The van der Waals surface area contributed by atoms with Crippen LogP contribution in [0, 0.1) is 16.7 Å².